The fourth-order valence-corrected chi connectivity index (χ4v) is 1.01. The molecule has 1 amide bonds. The molecular formula is C11H12F2N2O. The van der Waals surface area contributed by atoms with Crippen LogP contribution in [-0.4, -0.2) is 5.91 Å². The lowest BCUT2D eigenvalue weighted by Crippen LogP contribution is -2.27. The van der Waals surface area contributed by atoms with Gasteiger partial charge in [0.2, 0.25) is 0 Å². The zero-order valence-corrected chi connectivity index (χ0v) is 8.97. The Morgan fingerprint density at radius 3 is 2.50 bits per heavy atom. The molecule has 0 saturated heterocycles. The summed E-state index contributed by atoms with van der Waals surface area (Å²) in [5.74, 6) is -2.26. The second-order valence-electron chi connectivity index (χ2n) is 3.46. The smallest absolute Gasteiger partial charge is 0.262 e. The number of carbonyl (C=O) groups is 1. The number of benzene rings is 1. The normalized spacial score (nSPS) is 9.50. The van der Waals surface area contributed by atoms with Crippen molar-refractivity contribution in [3.8, 4) is 0 Å². The topological polar surface area (TPSA) is 41.1 Å². The third-order valence-electron chi connectivity index (χ3n) is 1.67. The molecule has 0 heterocycles. The molecule has 0 aliphatic rings. The first-order valence-corrected chi connectivity index (χ1v) is 4.65. The molecule has 1 aromatic carbocycles. The fourth-order valence-electron chi connectivity index (χ4n) is 1.01. The van der Waals surface area contributed by atoms with Crippen LogP contribution in [-0.2, 0) is 4.79 Å². The van der Waals surface area contributed by atoms with Crippen LogP contribution in [0.15, 0.2) is 29.8 Å². The number of hydrogen-bond donors (Lipinski definition) is 2. The van der Waals surface area contributed by atoms with Gasteiger partial charge in [-0.05, 0) is 26.0 Å². The average molecular weight is 226 g/mol. The van der Waals surface area contributed by atoms with Gasteiger partial charge in [-0.25, -0.2) is 8.78 Å². The summed E-state index contributed by atoms with van der Waals surface area (Å²) in [5.41, 5.74) is 5.90. The van der Waals surface area contributed by atoms with Gasteiger partial charge in [-0.2, -0.15) is 0 Å². The Kier molecular flexibility index (Phi) is 3.99. The standard InChI is InChI=1S/C11H12F2N2O/c1-7(2)5-11(16)15-14-8-3-4-9(12)10(13)6-8/h3-6,14H,1-2H3,(H,15,16). The van der Waals surface area contributed by atoms with Crippen molar-refractivity contribution in [1.29, 1.82) is 0 Å². The van der Waals surface area contributed by atoms with Crippen molar-refractivity contribution in [1.82, 2.24) is 5.43 Å². The van der Waals surface area contributed by atoms with Gasteiger partial charge in [-0.1, -0.05) is 5.57 Å². The maximum atomic E-state index is 12.8. The minimum atomic E-state index is -0.971. The first kappa shape index (κ1) is 12.2. The van der Waals surface area contributed by atoms with Crippen molar-refractivity contribution < 1.29 is 13.6 Å². The van der Waals surface area contributed by atoms with Gasteiger partial charge in [0, 0.05) is 12.1 Å². The van der Waals surface area contributed by atoms with Gasteiger partial charge in [0.1, 0.15) is 0 Å². The SMILES string of the molecule is CC(C)=CC(=O)NNc1ccc(F)c(F)c1. The highest BCUT2D eigenvalue weighted by Crippen LogP contribution is 2.11. The molecular weight excluding hydrogens is 214 g/mol. The van der Waals surface area contributed by atoms with E-state index in [-0.39, 0.29) is 11.6 Å². The van der Waals surface area contributed by atoms with E-state index in [2.05, 4.69) is 10.9 Å². The molecule has 0 aliphatic heterocycles. The zero-order valence-electron chi connectivity index (χ0n) is 8.97. The number of rotatable bonds is 3. The van der Waals surface area contributed by atoms with E-state index in [1.807, 2.05) is 0 Å². The molecule has 86 valence electrons. The number of carbonyl (C=O) groups excluding carboxylic acids is 1. The lowest BCUT2D eigenvalue weighted by Gasteiger charge is -2.06. The Morgan fingerprint density at radius 1 is 1.25 bits per heavy atom. The maximum absolute atomic E-state index is 12.8. The number of halogens is 2. The van der Waals surface area contributed by atoms with E-state index in [0.717, 1.165) is 17.7 Å². The quantitative estimate of drug-likeness (QED) is 0.613. The van der Waals surface area contributed by atoms with Crippen LogP contribution in [0.5, 0.6) is 0 Å². The first-order valence-electron chi connectivity index (χ1n) is 4.65. The third-order valence-corrected chi connectivity index (χ3v) is 1.67. The molecule has 0 atom stereocenters. The van der Waals surface area contributed by atoms with Crippen LogP contribution in [0.1, 0.15) is 13.8 Å². The minimum Gasteiger partial charge on any atom is -0.298 e. The summed E-state index contributed by atoms with van der Waals surface area (Å²) in [6.45, 7) is 3.55. The Bertz CT molecular complexity index is 426. The highest BCUT2D eigenvalue weighted by molar-refractivity contribution is 5.88. The maximum Gasteiger partial charge on any atom is 0.262 e. The van der Waals surface area contributed by atoms with Gasteiger partial charge in [0.15, 0.2) is 11.6 Å². The number of anilines is 1. The molecule has 3 nitrogen and oxygen atoms in total. The van der Waals surface area contributed by atoms with E-state index < -0.39 is 11.6 Å². The number of nitrogens with one attached hydrogen (secondary N) is 2. The van der Waals surface area contributed by atoms with E-state index in [1.54, 1.807) is 13.8 Å². The Balaban J connectivity index is 2.58. The van der Waals surface area contributed by atoms with E-state index in [0.29, 0.717) is 0 Å². The molecule has 16 heavy (non-hydrogen) atoms. The van der Waals surface area contributed by atoms with Gasteiger partial charge < -0.3 is 0 Å². The Hall–Kier alpha value is -1.91. The van der Waals surface area contributed by atoms with Crippen molar-refractivity contribution >= 4 is 11.6 Å². The molecule has 0 bridgehead atoms. The number of allylic oxidation sites excluding steroid dienone is 1. The predicted molar refractivity (Wildman–Crippen MR) is 57.6 cm³/mol. The molecule has 5 heteroatoms. The van der Waals surface area contributed by atoms with Gasteiger partial charge in [0.25, 0.3) is 5.91 Å². The van der Waals surface area contributed by atoms with Gasteiger partial charge in [0.05, 0.1) is 5.69 Å². The number of amides is 1. The van der Waals surface area contributed by atoms with Crippen molar-refractivity contribution in [2.45, 2.75) is 13.8 Å². The predicted octanol–water partition coefficient (Wildman–Crippen LogP) is 2.37. The van der Waals surface area contributed by atoms with Crippen molar-refractivity contribution in [2.75, 3.05) is 5.43 Å². The largest absolute Gasteiger partial charge is 0.298 e. The van der Waals surface area contributed by atoms with Crippen LogP contribution < -0.4 is 10.9 Å². The lowest BCUT2D eigenvalue weighted by molar-refractivity contribution is -0.116. The number of hydrogen-bond acceptors (Lipinski definition) is 2. The summed E-state index contributed by atoms with van der Waals surface area (Å²) < 4.78 is 25.3. The third kappa shape index (κ3) is 3.68. The summed E-state index contributed by atoms with van der Waals surface area (Å²) in [6, 6.07) is 3.25. The van der Waals surface area contributed by atoms with Crippen LogP contribution in [0.2, 0.25) is 0 Å². The van der Waals surface area contributed by atoms with Crippen molar-refractivity contribution in [3.05, 3.63) is 41.5 Å². The van der Waals surface area contributed by atoms with Crippen LogP contribution in [0.4, 0.5) is 14.5 Å². The van der Waals surface area contributed by atoms with Crippen molar-refractivity contribution in [2.24, 2.45) is 0 Å². The van der Waals surface area contributed by atoms with Gasteiger partial charge in [-0.3, -0.25) is 15.6 Å². The lowest BCUT2D eigenvalue weighted by atomic mass is 10.3. The molecule has 0 aromatic heterocycles. The fraction of sp³-hybridized carbons (Fsp3) is 0.182. The molecule has 0 unspecified atom stereocenters. The minimum absolute atomic E-state index is 0.273. The van der Waals surface area contributed by atoms with Gasteiger partial charge >= 0.3 is 0 Å². The van der Waals surface area contributed by atoms with E-state index >= 15 is 0 Å². The monoisotopic (exact) mass is 226 g/mol. The summed E-state index contributed by atoms with van der Waals surface area (Å²) in [4.78, 5) is 11.2. The van der Waals surface area contributed by atoms with Crippen LogP contribution in [0.25, 0.3) is 0 Å². The number of hydrazine groups is 1. The average Bonchev–Trinajstić information content (AvgIpc) is 2.19. The van der Waals surface area contributed by atoms with E-state index in [9.17, 15) is 13.6 Å². The molecule has 0 spiro atoms. The summed E-state index contributed by atoms with van der Waals surface area (Å²) in [5, 5.41) is 0. The van der Waals surface area contributed by atoms with Crippen molar-refractivity contribution in [3.63, 3.8) is 0 Å². The highest BCUT2D eigenvalue weighted by atomic mass is 19.2. The second kappa shape index (κ2) is 5.25. The molecule has 0 aliphatic carbocycles. The molecule has 1 aromatic rings. The highest BCUT2D eigenvalue weighted by Gasteiger charge is 2.02. The van der Waals surface area contributed by atoms with Crippen LogP contribution >= 0.6 is 0 Å². The first-order chi connectivity index (χ1) is 7.49. The Morgan fingerprint density at radius 2 is 1.94 bits per heavy atom. The summed E-state index contributed by atoms with van der Waals surface area (Å²) in [7, 11) is 0. The molecule has 0 saturated carbocycles. The molecule has 0 radical (unpaired) electrons. The summed E-state index contributed by atoms with van der Waals surface area (Å²) >= 11 is 0. The molecule has 0 fully saturated rings. The van der Waals surface area contributed by atoms with Gasteiger partial charge in [-0.15, -0.1) is 0 Å². The summed E-state index contributed by atoms with van der Waals surface area (Å²) in [6.07, 6.45) is 1.38. The van der Waals surface area contributed by atoms with Crippen LogP contribution in [0, 0.1) is 11.6 Å². The second-order valence-corrected chi connectivity index (χ2v) is 3.46. The Labute approximate surface area is 92.1 Å². The van der Waals surface area contributed by atoms with E-state index in [4.69, 9.17) is 0 Å². The molecule has 1 rings (SSSR count). The van der Waals surface area contributed by atoms with Crippen LogP contribution in [0.3, 0.4) is 0 Å². The van der Waals surface area contributed by atoms with E-state index in [1.165, 1.54) is 12.1 Å². The zero-order chi connectivity index (χ0) is 12.1. The molecule has 2 N–H and O–H groups in total.